The summed E-state index contributed by atoms with van der Waals surface area (Å²) in [5, 5.41) is 3.48. The Kier molecular flexibility index (Phi) is 3.31. The van der Waals surface area contributed by atoms with Crippen molar-refractivity contribution in [3.63, 3.8) is 0 Å². The van der Waals surface area contributed by atoms with Crippen molar-refractivity contribution in [1.29, 1.82) is 0 Å². The number of nitrogens with one attached hydrogen (secondary N) is 1. The van der Waals surface area contributed by atoms with Gasteiger partial charge in [-0.25, -0.2) is 4.98 Å². The Hall–Kier alpha value is -1.35. The second-order valence-electron chi connectivity index (χ2n) is 5.76. The van der Waals surface area contributed by atoms with Gasteiger partial charge in [0.15, 0.2) is 0 Å². The van der Waals surface area contributed by atoms with Crippen molar-refractivity contribution in [3.05, 3.63) is 30.1 Å². The first-order valence-corrected chi connectivity index (χ1v) is 7.39. The predicted octanol–water partition coefficient (Wildman–Crippen LogP) is 2.99. The van der Waals surface area contributed by atoms with E-state index in [1.54, 1.807) is 0 Å². The van der Waals surface area contributed by atoms with Crippen molar-refractivity contribution in [1.82, 2.24) is 14.9 Å². The largest absolute Gasteiger partial charge is 0.331 e. The molecule has 102 valence electrons. The van der Waals surface area contributed by atoms with Crippen molar-refractivity contribution < 1.29 is 0 Å². The maximum atomic E-state index is 4.96. The minimum atomic E-state index is 0.272. The average Bonchev–Trinajstić information content (AvgIpc) is 2.79. The Morgan fingerprint density at radius 2 is 2.00 bits per heavy atom. The van der Waals surface area contributed by atoms with Gasteiger partial charge in [-0.2, -0.15) is 0 Å². The number of hydrogen-bond acceptors (Lipinski definition) is 2. The minimum Gasteiger partial charge on any atom is -0.331 e. The number of fused-ring (bicyclic) bond motifs is 1. The third-order valence-electron chi connectivity index (χ3n) is 4.55. The molecule has 1 saturated heterocycles. The van der Waals surface area contributed by atoms with Gasteiger partial charge in [0.2, 0.25) is 0 Å². The highest BCUT2D eigenvalue weighted by atomic mass is 15.1. The van der Waals surface area contributed by atoms with Crippen LogP contribution in [-0.2, 0) is 12.5 Å². The molecule has 0 spiro atoms. The van der Waals surface area contributed by atoms with Crippen LogP contribution in [0.4, 0.5) is 0 Å². The molecule has 1 N–H and O–H groups in total. The molecule has 0 amide bonds. The van der Waals surface area contributed by atoms with E-state index in [9.17, 15) is 0 Å². The summed E-state index contributed by atoms with van der Waals surface area (Å²) in [6.45, 7) is 4.51. The molecule has 0 radical (unpaired) electrons. The lowest BCUT2D eigenvalue weighted by Crippen LogP contribution is -2.41. The Balaban J connectivity index is 2.11. The number of hydrogen-bond donors (Lipinski definition) is 1. The summed E-state index contributed by atoms with van der Waals surface area (Å²) in [5.74, 6) is 1.29. The zero-order valence-corrected chi connectivity index (χ0v) is 11.9. The monoisotopic (exact) mass is 257 g/mol. The molecule has 2 aromatic rings. The lowest BCUT2D eigenvalue weighted by atomic mass is 9.74. The molecular formula is C16H23N3. The van der Waals surface area contributed by atoms with Gasteiger partial charge in [0.05, 0.1) is 11.0 Å². The van der Waals surface area contributed by atoms with Gasteiger partial charge in [-0.05, 0) is 44.5 Å². The van der Waals surface area contributed by atoms with Gasteiger partial charge in [-0.1, -0.05) is 25.5 Å². The number of imidazole rings is 1. The fourth-order valence-corrected chi connectivity index (χ4v) is 3.59. The summed E-state index contributed by atoms with van der Waals surface area (Å²) in [6, 6.07) is 8.48. The standard InChI is InChI=1S/C16H23N3/c1-3-8-16(9-11-17-12-10-16)15-18-13-6-4-5-7-14(13)19(15)2/h4-7,17H,3,8-12H2,1-2H3. The Labute approximate surface area is 115 Å². The number of rotatable bonds is 3. The number of piperidine rings is 1. The minimum absolute atomic E-state index is 0.272. The molecular weight excluding hydrogens is 234 g/mol. The van der Waals surface area contributed by atoms with Crippen molar-refractivity contribution in [2.45, 2.75) is 38.0 Å². The molecule has 3 heteroatoms. The SMILES string of the molecule is CCCC1(c2nc3ccccc3n2C)CCNCC1. The van der Waals surface area contributed by atoms with E-state index in [2.05, 4.69) is 48.1 Å². The van der Waals surface area contributed by atoms with Crippen molar-refractivity contribution in [2.75, 3.05) is 13.1 Å². The third-order valence-corrected chi connectivity index (χ3v) is 4.55. The second kappa shape index (κ2) is 4.97. The summed E-state index contributed by atoms with van der Waals surface area (Å²) in [7, 11) is 2.17. The van der Waals surface area contributed by atoms with Crippen LogP contribution in [0.3, 0.4) is 0 Å². The Bertz CT molecular complexity index is 559. The molecule has 0 aliphatic carbocycles. The fraction of sp³-hybridized carbons (Fsp3) is 0.562. The summed E-state index contributed by atoms with van der Waals surface area (Å²) in [4.78, 5) is 4.96. The molecule has 1 aromatic heterocycles. The molecule has 0 saturated carbocycles. The number of benzene rings is 1. The summed E-state index contributed by atoms with van der Waals surface area (Å²) in [5.41, 5.74) is 2.66. The molecule has 19 heavy (non-hydrogen) atoms. The van der Waals surface area contributed by atoms with Crippen molar-refractivity contribution in [3.8, 4) is 0 Å². The van der Waals surface area contributed by atoms with E-state index in [0.717, 1.165) is 18.6 Å². The Morgan fingerprint density at radius 1 is 1.26 bits per heavy atom. The molecule has 1 aliphatic rings. The van der Waals surface area contributed by atoms with Crippen LogP contribution in [0.2, 0.25) is 0 Å². The van der Waals surface area contributed by atoms with Gasteiger partial charge in [0.25, 0.3) is 0 Å². The molecule has 0 unspecified atom stereocenters. The molecule has 3 rings (SSSR count). The van der Waals surface area contributed by atoms with Gasteiger partial charge < -0.3 is 9.88 Å². The number of nitrogens with zero attached hydrogens (tertiary/aromatic N) is 2. The average molecular weight is 257 g/mol. The fourth-order valence-electron chi connectivity index (χ4n) is 3.59. The Morgan fingerprint density at radius 3 is 2.68 bits per heavy atom. The van der Waals surface area contributed by atoms with E-state index in [1.165, 1.54) is 37.0 Å². The third kappa shape index (κ3) is 2.06. The molecule has 2 heterocycles. The number of aryl methyl sites for hydroxylation is 1. The van der Waals surface area contributed by atoms with Gasteiger partial charge in [-0.15, -0.1) is 0 Å². The number of aromatic nitrogens is 2. The van der Waals surface area contributed by atoms with E-state index >= 15 is 0 Å². The lowest BCUT2D eigenvalue weighted by Gasteiger charge is -2.37. The number of para-hydroxylation sites is 2. The first-order chi connectivity index (χ1) is 9.27. The lowest BCUT2D eigenvalue weighted by molar-refractivity contribution is 0.266. The van der Waals surface area contributed by atoms with Crippen LogP contribution in [-0.4, -0.2) is 22.6 Å². The molecule has 1 fully saturated rings. The van der Waals surface area contributed by atoms with E-state index in [4.69, 9.17) is 4.98 Å². The van der Waals surface area contributed by atoms with E-state index in [0.29, 0.717) is 0 Å². The maximum absolute atomic E-state index is 4.96. The highest BCUT2D eigenvalue weighted by Gasteiger charge is 2.36. The van der Waals surface area contributed by atoms with Crippen molar-refractivity contribution in [2.24, 2.45) is 7.05 Å². The highest BCUT2D eigenvalue weighted by molar-refractivity contribution is 5.76. The quantitative estimate of drug-likeness (QED) is 0.916. The van der Waals surface area contributed by atoms with Gasteiger partial charge >= 0.3 is 0 Å². The van der Waals surface area contributed by atoms with E-state index in [-0.39, 0.29) is 5.41 Å². The van der Waals surface area contributed by atoms with E-state index < -0.39 is 0 Å². The van der Waals surface area contributed by atoms with Crippen LogP contribution in [0.1, 0.15) is 38.4 Å². The summed E-state index contributed by atoms with van der Waals surface area (Å²) >= 11 is 0. The van der Waals surface area contributed by atoms with Crippen LogP contribution in [0.25, 0.3) is 11.0 Å². The molecule has 1 aliphatic heterocycles. The first-order valence-electron chi connectivity index (χ1n) is 7.39. The van der Waals surface area contributed by atoms with Crippen LogP contribution < -0.4 is 5.32 Å². The predicted molar refractivity (Wildman–Crippen MR) is 79.4 cm³/mol. The van der Waals surface area contributed by atoms with Crippen LogP contribution in [0.15, 0.2) is 24.3 Å². The summed E-state index contributed by atoms with van der Waals surface area (Å²) in [6.07, 6.45) is 4.88. The highest BCUT2D eigenvalue weighted by Crippen LogP contribution is 2.38. The molecule has 0 bridgehead atoms. The summed E-state index contributed by atoms with van der Waals surface area (Å²) < 4.78 is 2.32. The van der Waals surface area contributed by atoms with Crippen LogP contribution in [0.5, 0.6) is 0 Å². The molecule has 1 aromatic carbocycles. The normalized spacial score (nSPS) is 18.8. The zero-order valence-electron chi connectivity index (χ0n) is 11.9. The molecule has 3 nitrogen and oxygen atoms in total. The van der Waals surface area contributed by atoms with Crippen LogP contribution in [0, 0.1) is 0 Å². The van der Waals surface area contributed by atoms with E-state index in [1.807, 2.05) is 0 Å². The van der Waals surface area contributed by atoms with Gasteiger partial charge in [-0.3, -0.25) is 0 Å². The van der Waals surface area contributed by atoms with Crippen LogP contribution >= 0.6 is 0 Å². The first kappa shape index (κ1) is 12.7. The second-order valence-corrected chi connectivity index (χ2v) is 5.76. The van der Waals surface area contributed by atoms with Crippen molar-refractivity contribution >= 4 is 11.0 Å². The van der Waals surface area contributed by atoms with Gasteiger partial charge in [0.1, 0.15) is 5.82 Å². The topological polar surface area (TPSA) is 29.9 Å². The zero-order chi connectivity index (χ0) is 13.3. The van der Waals surface area contributed by atoms with Gasteiger partial charge in [0, 0.05) is 12.5 Å². The smallest absolute Gasteiger partial charge is 0.115 e. The maximum Gasteiger partial charge on any atom is 0.115 e. The molecule has 0 atom stereocenters.